The molecule has 1 aliphatic rings. The van der Waals surface area contributed by atoms with Crippen LogP contribution in [0, 0.1) is 23.5 Å². The lowest BCUT2D eigenvalue weighted by atomic mass is 9.82. The molecule has 1 N–H and O–H groups in total. The maximum atomic E-state index is 13.7. The van der Waals surface area contributed by atoms with Gasteiger partial charge in [-0.25, -0.2) is 8.78 Å². The van der Waals surface area contributed by atoms with Crippen LogP contribution in [0.2, 0.25) is 0 Å². The molecule has 1 aliphatic carbocycles. The number of benzene rings is 1. The van der Waals surface area contributed by atoms with Crippen LogP contribution in [-0.2, 0) is 14.3 Å². The first-order valence-electron chi connectivity index (χ1n) is 7.56. The molecule has 140 valence electrons. The van der Waals surface area contributed by atoms with Gasteiger partial charge < -0.3 is 10.1 Å². The highest BCUT2D eigenvalue weighted by Gasteiger charge is 2.35. The molecule has 0 radical (unpaired) electrons. The Hall–Kier alpha value is -1.63. The molecule has 0 fully saturated rings. The number of esters is 1. The van der Waals surface area contributed by atoms with Crippen molar-refractivity contribution in [3.8, 4) is 0 Å². The lowest BCUT2D eigenvalue weighted by Crippen LogP contribution is -2.36. The van der Waals surface area contributed by atoms with Gasteiger partial charge in [0.15, 0.2) is 0 Å². The first kappa shape index (κ1) is 20.7. The molecule has 1 aromatic carbocycles. The Kier molecular flexibility index (Phi) is 7.43. The molecule has 26 heavy (non-hydrogen) atoms. The smallest absolute Gasteiger partial charge is 0.310 e. The molecular formula is C17H14Cl3F2NO3. The lowest BCUT2D eigenvalue weighted by molar-refractivity contribution is -0.151. The third kappa shape index (κ3) is 5.43. The lowest BCUT2D eigenvalue weighted by Gasteiger charge is -2.26. The van der Waals surface area contributed by atoms with Crippen molar-refractivity contribution in [3.63, 3.8) is 0 Å². The van der Waals surface area contributed by atoms with Crippen LogP contribution in [0.3, 0.4) is 0 Å². The van der Waals surface area contributed by atoms with Crippen molar-refractivity contribution >= 4 is 52.4 Å². The predicted molar refractivity (Wildman–Crippen MR) is 95.9 cm³/mol. The van der Waals surface area contributed by atoms with Crippen molar-refractivity contribution in [2.45, 2.75) is 12.8 Å². The summed E-state index contributed by atoms with van der Waals surface area (Å²) in [5.41, 5.74) is -0.169. The second-order valence-electron chi connectivity index (χ2n) is 5.54. The maximum Gasteiger partial charge on any atom is 0.310 e. The Morgan fingerprint density at radius 1 is 1.12 bits per heavy atom. The van der Waals surface area contributed by atoms with E-state index in [1.54, 1.807) is 12.2 Å². The van der Waals surface area contributed by atoms with E-state index in [4.69, 9.17) is 39.5 Å². The van der Waals surface area contributed by atoms with Crippen LogP contribution in [0.1, 0.15) is 12.8 Å². The normalized spacial score (nSPS) is 19.0. The number of halogens is 5. The number of anilines is 1. The molecule has 0 saturated heterocycles. The molecule has 0 heterocycles. The molecule has 0 spiro atoms. The fourth-order valence-corrected chi connectivity index (χ4v) is 2.64. The Morgan fingerprint density at radius 3 is 2.38 bits per heavy atom. The second-order valence-corrected chi connectivity index (χ2v) is 6.95. The van der Waals surface area contributed by atoms with Crippen molar-refractivity contribution in [2.24, 2.45) is 11.8 Å². The average molecular weight is 425 g/mol. The minimum absolute atomic E-state index is 0.0394. The highest BCUT2D eigenvalue weighted by Crippen LogP contribution is 2.29. The largest absolute Gasteiger partial charge is 0.460 e. The van der Waals surface area contributed by atoms with Crippen LogP contribution in [0.15, 0.2) is 39.9 Å². The molecule has 2 rings (SSSR count). The summed E-state index contributed by atoms with van der Waals surface area (Å²) in [7, 11) is 0. The van der Waals surface area contributed by atoms with Gasteiger partial charge in [0.2, 0.25) is 5.91 Å². The van der Waals surface area contributed by atoms with E-state index in [0.29, 0.717) is 6.07 Å². The van der Waals surface area contributed by atoms with Crippen molar-refractivity contribution in [2.75, 3.05) is 11.9 Å². The van der Waals surface area contributed by atoms with Crippen LogP contribution in [-0.4, -0.2) is 18.5 Å². The average Bonchev–Trinajstić information content (AvgIpc) is 2.61. The number of allylic oxidation sites excluding steroid dienone is 2. The molecule has 1 amide bonds. The fourth-order valence-electron chi connectivity index (χ4n) is 2.48. The molecule has 2 atom stereocenters. The van der Waals surface area contributed by atoms with E-state index in [0.717, 1.165) is 12.1 Å². The van der Waals surface area contributed by atoms with Crippen LogP contribution in [0.5, 0.6) is 0 Å². The molecular weight excluding hydrogens is 411 g/mol. The standard InChI is InChI=1S/C17H14Cl3F2NO3/c18-12(15(19)20)8-26-17(25)11-4-2-1-3-10(11)16(24)23-14-6-5-9(21)7-13(14)22/h1-2,5-7,10-11H,3-4,8H2,(H,23,24)/t10-,11-/m0/s1. The van der Waals surface area contributed by atoms with E-state index in [9.17, 15) is 18.4 Å². The fraction of sp³-hybridized carbons (Fsp3) is 0.294. The zero-order valence-electron chi connectivity index (χ0n) is 13.3. The van der Waals surface area contributed by atoms with E-state index >= 15 is 0 Å². The molecule has 0 unspecified atom stereocenters. The maximum absolute atomic E-state index is 13.7. The highest BCUT2D eigenvalue weighted by atomic mass is 35.5. The van der Waals surface area contributed by atoms with Crippen LogP contribution < -0.4 is 5.32 Å². The van der Waals surface area contributed by atoms with Gasteiger partial charge in [0.05, 0.1) is 22.6 Å². The molecule has 0 bridgehead atoms. The quantitative estimate of drug-likeness (QED) is 0.539. The third-order valence-corrected chi connectivity index (χ3v) is 4.75. The SMILES string of the molecule is O=C(Nc1ccc(F)cc1F)[C@H]1CC=CC[C@@H]1C(=O)OCC(Cl)=C(Cl)Cl. The minimum Gasteiger partial charge on any atom is -0.460 e. The molecule has 4 nitrogen and oxygen atoms in total. The summed E-state index contributed by atoms with van der Waals surface area (Å²) < 4.78 is 31.5. The summed E-state index contributed by atoms with van der Waals surface area (Å²) in [6, 6.07) is 2.80. The van der Waals surface area contributed by atoms with E-state index in [1.165, 1.54) is 0 Å². The molecule has 0 aromatic heterocycles. The van der Waals surface area contributed by atoms with Gasteiger partial charge >= 0.3 is 5.97 Å². The number of carbonyl (C=O) groups is 2. The van der Waals surface area contributed by atoms with Crippen molar-refractivity contribution in [1.29, 1.82) is 0 Å². The Labute approximate surface area is 163 Å². The topological polar surface area (TPSA) is 55.4 Å². The van der Waals surface area contributed by atoms with Crippen LogP contribution in [0.25, 0.3) is 0 Å². The second kappa shape index (κ2) is 9.35. The van der Waals surface area contributed by atoms with E-state index < -0.39 is 35.3 Å². The first-order chi connectivity index (χ1) is 12.3. The zero-order chi connectivity index (χ0) is 19.3. The number of hydrogen-bond donors (Lipinski definition) is 1. The van der Waals surface area contributed by atoms with Crippen LogP contribution >= 0.6 is 34.8 Å². The molecule has 9 heteroatoms. The number of carbonyl (C=O) groups excluding carboxylic acids is 2. The number of nitrogens with one attached hydrogen (secondary N) is 1. The van der Waals surface area contributed by atoms with E-state index in [1.807, 2.05) is 0 Å². The van der Waals surface area contributed by atoms with Gasteiger partial charge in [0.1, 0.15) is 22.7 Å². The Bertz CT molecular complexity index is 764. The monoisotopic (exact) mass is 423 g/mol. The summed E-state index contributed by atoms with van der Waals surface area (Å²) >= 11 is 16.7. The van der Waals surface area contributed by atoms with Gasteiger partial charge in [0, 0.05) is 6.07 Å². The van der Waals surface area contributed by atoms with Gasteiger partial charge in [-0.3, -0.25) is 9.59 Å². The zero-order valence-corrected chi connectivity index (χ0v) is 15.5. The van der Waals surface area contributed by atoms with E-state index in [2.05, 4.69) is 5.32 Å². The summed E-state index contributed by atoms with van der Waals surface area (Å²) in [4.78, 5) is 24.8. The summed E-state index contributed by atoms with van der Waals surface area (Å²) in [6.07, 6.45) is 4.05. The van der Waals surface area contributed by atoms with Gasteiger partial charge in [-0.05, 0) is 25.0 Å². The predicted octanol–water partition coefficient (Wildman–Crippen LogP) is 4.91. The van der Waals surface area contributed by atoms with Gasteiger partial charge in [-0.15, -0.1) is 0 Å². The number of ether oxygens (including phenoxy) is 1. The molecule has 1 aromatic rings. The summed E-state index contributed by atoms with van der Waals surface area (Å²) in [6.45, 7) is -0.316. The van der Waals surface area contributed by atoms with Gasteiger partial charge in [-0.2, -0.15) is 0 Å². The van der Waals surface area contributed by atoms with Crippen molar-refractivity contribution in [3.05, 3.63) is 51.5 Å². The third-order valence-electron chi connectivity index (χ3n) is 3.81. The molecule has 0 saturated carbocycles. The Morgan fingerprint density at radius 2 is 1.77 bits per heavy atom. The van der Waals surface area contributed by atoms with Crippen LogP contribution in [0.4, 0.5) is 14.5 Å². The van der Waals surface area contributed by atoms with Crippen molar-refractivity contribution < 1.29 is 23.1 Å². The van der Waals surface area contributed by atoms with E-state index in [-0.39, 0.29) is 34.7 Å². The highest BCUT2D eigenvalue weighted by molar-refractivity contribution is 6.59. The van der Waals surface area contributed by atoms with Crippen molar-refractivity contribution in [1.82, 2.24) is 0 Å². The first-order valence-corrected chi connectivity index (χ1v) is 8.70. The van der Waals surface area contributed by atoms with Gasteiger partial charge in [0.25, 0.3) is 0 Å². The number of rotatable bonds is 5. The summed E-state index contributed by atoms with van der Waals surface area (Å²) in [5, 5.41) is 2.34. The number of hydrogen-bond acceptors (Lipinski definition) is 3. The molecule has 0 aliphatic heterocycles. The van der Waals surface area contributed by atoms with Gasteiger partial charge in [-0.1, -0.05) is 47.0 Å². The number of amides is 1. The summed E-state index contributed by atoms with van der Waals surface area (Å²) in [5.74, 6) is -4.43. The minimum atomic E-state index is -0.905. The Balaban J connectivity index is 2.07.